The van der Waals surface area contributed by atoms with Crippen molar-refractivity contribution in [2.75, 3.05) is 62.2 Å². The van der Waals surface area contributed by atoms with Gasteiger partial charge < -0.3 is 14.4 Å². The number of carbonyl (C=O) groups excluding carboxylic acids is 4. The van der Waals surface area contributed by atoms with Gasteiger partial charge in [0.15, 0.2) is 6.29 Å². The van der Waals surface area contributed by atoms with Gasteiger partial charge in [-0.15, -0.1) is 0 Å². The number of imide groups is 1. The zero-order chi connectivity index (χ0) is 30.1. The summed E-state index contributed by atoms with van der Waals surface area (Å²) in [6.07, 6.45) is 6.83. The van der Waals surface area contributed by atoms with Crippen LogP contribution in [0.3, 0.4) is 0 Å². The molecule has 0 radical (unpaired) electrons. The van der Waals surface area contributed by atoms with E-state index in [1.165, 1.54) is 0 Å². The van der Waals surface area contributed by atoms with Crippen molar-refractivity contribution in [3.8, 4) is 0 Å². The number of fused-ring (bicyclic) bond motifs is 1. The number of carbonyl (C=O) groups is 4. The van der Waals surface area contributed by atoms with Gasteiger partial charge in [0.05, 0.1) is 11.2 Å². The van der Waals surface area contributed by atoms with Gasteiger partial charge in [0.25, 0.3) is 5.91 Å². The number of hydrogen-bond acceptors (Lipinski definition) is 7. The zero-order valence-electron chi connectivity index (χ0n) is 24.9. The standard InChI is InChI=1S/C32H39N7O4/c1-22(2)38-11-7-26-27(38)17-25(18-28(26)39-12-8-30(41)34-32(39)43)31(42)37-15-13-35(14-16-37)20-23-5-9-36(10-6-23)29-4-3-24(21-40)19-33-29/h3-4,7,11,17-19,21-23H,5-6,8-10,12-16,20H2,1-2H3,(H,34,41,43). The molecule has 2 aromatic heterocycles. The van der Waals surface area contributed by atoms with Crippen molar-refractivity contribution in [3.63, 3.8) is 0 Å². The first-order valence-electron chi connectivity index (χ1n) is 15.2. The van der Waals surface area contributed by atoms with Crippen molar-refractivity contribution in [3.05, 3.63) is 53.9 Å². The van der Waals surface area contributed by atoms with Gasteiger partial charge in [-0.2, -0.15) is 0 Å². The molecule has 0 saturated carbocycles. The van der Waals surface area contributed by atoms with Crippen LogP contribution in [0.4, 0.5) is 16.3 Å². The molecule has 1 aromatic carbocycles. The third-order valence-corrected chi connectivity index (χ3v) is 8.99. The number of pyridine rings is 1. The Hall–Kier alpha value is -4.25. The number of nitrogens with one attached hydrogen (secondary N) is 1. The number of amides is 4. The Kier molecular flexibility index (Phi) is 8.16. The molecule has 3 aliphatic heterocycles. The first kappa shape index (κ1) is 28.9. The summed E-state index contributed by atoms with van der Waals surface area (Å²) in [5, 5.41) is 3.30. The highest BCUT2D eigenvalue weighted by atomic mass is 16.2. The smallest absolute Gasteiger partial charge is 0.328 e. The Morgan fingerprint density at radius 2 is 1.79 bits per heavy atom. The van der Waals surface area contributed by atoms with Gasteiger partial charge in [-0.1, -0.05) is 0 Å². The van der Waals surface area contributed by atoms with Gasteiger partial charge in [0.2, 0.25) is 5.91 Å². The number of piperidine rings is 1. The van der Waals surface area contributed by atoms with Crippen LogP contribution < -0.4 is 15.1 Å². The maximum atomic E-state index is 13.8. The number of urea groups is 1. The predicted octanol–water partition coefficient (Wildman–Crippen LogP) is 3.55. The molecule has 0 bridgehead atoms. The second-order valence-electron chi connectivity index (χ2n) is 12.1. The minimum atomic E-state index is -0.453. The van der Waals surface area contributed by atoms with Gasteiger partial charge in [0, 0.05) is 93.7 Å². The zero-order valence-corrected chi connectivity index (χ0v) is 24.9. The van der Waals surface area contributed by atoms with Crippen molar-refractivity contribution in [2.24, 2.45) is 5.92 Å². The lowest BCUT2D eigenvalue weighted by atomic mass is 9.96. The molecule has 226 valence electrons. The summed E-state index contributed by atoms with van der Waals surface area (Å²) in [4.78, 5) is 62.0. The molecule has 11 heteroatoms. The van der Waals surface area contributed by atoms with Crippen LogP contribution in [0.1, 0.15) is 59.9 Å². The second kappa shape index (κ2) is 12.2. The Morgan fingerprint density at radius 3 is 2.44 bits per heavy atom. The fourth-order valence-electron chi connectivity index (χ4n) is 6.51. The van der Waals surface area contributed by atoms with E-state index in [4.69, 9.17) is 0 Å². The van der Waals surface area contributed by atoms with Gasteiger partial charge in [-0.25, -0.2) is 9.78 Å². The van der Waals surface area contributed by atoms with E-state index in [9.17, 15) is 19.2 Å². The van der Waals surface area contributed by atoms with Crippen LogP contribution in [0.2, 0.25) is 0 Å². The summed E-state index contributed by atoms with van der Waals surface area (Å²) in [6.45, 7) is 10.3. The molecule has 0 spiro atoms. The lowest BCUT2D eigenvalue weighted by Crippen LogP contribution is -2.51. The highest BCUT2D eigenvalue weighted by Crippen LogP contribution is 2.33. The van der Waals surface area contributed by atoms with Gasteiger partial charge in [-0.05, 0) is 62.9 Å². The molecule has 4 amide bonds. The Labute approximate surface area is 251 Å². The van der Waals surface area contributed by atoms with Crippen LogP contribution in [0.25, 0.3) is 10.9 Å². The molecule has 43 heavy (non-hydrogen) atoms. The van der Waals surface area contributed by atoms with Crippen LogP contribution in [-0.4, -0.2) is 95.8 Å². The molecule has 3 aromatic rings. The number of benzene rings is 1. The minimum absolute atomic E-state index is 0.0331. The number of piperazine rings is 1. The van der Waals surface area contributed by atoms with Crippen molar-refractivity contribution >= 4 is 46.5 Å². The molecule has 11 nitrogen and oxygen atoms in total. The molecular weight excluding hydrogens is 546 g/mol. The predicted molar refractivity (Wildman–Crippen MR) is 165 cm³/mol. The minimum Gasteiger partial charge on any atom is -0.357 e. The highest BCUT2D eigenvalue weighted by Gasteiger charge is 2.30. The first-order chi connectivity index (χ1) is 20.8. The van der Waals surface area contributed by atoms with Crippen LogP contribution >= 0.6 is 0 Å². The monoisotopic (exact) mass is 585 g/mol. The Bertz CT molecular complexity index is 1520. The third-order valence-electron chi connectivity index (χ3n) is 8.99. The molecule has 1 N–H and O–H groups in total. The summed E-state index contributed by atoms with van der Waals surface area (Å²) in [7, 11) is 0. The molecule has 0 aliphatic carbocycles. The van der Waals surface area contributed by atoms with Crippen LogP contribution in [0.5, 0.6) is 0 Å². The van der Waals surface area contributed by atoms with E-state index in [0.29, 0.717) is 35.8 Å². The number of anilines is 2. The van der Waals surface area contributed by atoms with Crippen molar-refractivity contribution in [2.45, 2.75) is 39.2 Å². The second-order valence-corrected chi connectivity index (χ2v) is 12.1. The largest absolute Gasteiger partial charge is 0.357 e. The Morgan fingerprint density at radius 1 is 1.02 bits per heavy atom. The summed E-state index contributed by atoms with van der Waals surface area (Å²) in [6, 6.07) is 9.19. The van der Waals surface area contributed by atoms with Crippen molar-refractivity contribution in [1.82, 2.24) is 24.7 Å². The molecule has 6 rings (SSSR count). The summed E-state index contributed by atoms with van der Waals surface area (Å²) in [5.41, 5.74) is 2.71. The number of rotatable bonds is 7. The quantitative estimate of drug-likeness (QED) is 0.422. The van der Waals surface area contributed by atoms with Gasteiger partial charge in [-0.3, -0.25) is 29.5 Å². The maximum Gasteiger partial charge on any atom is 0.328 e. The maximum absolute atomic E-state index is 13.8. The lowest BCUT2D eigenvalue weighted by molar-refractivity contribution is -0.120. The molecular formula is C32H39N7O4. The van der Waals surface area contributed by atoms with Crippen LogP contribution in [0.15, 0.2) is 42.7 Å². The topological polar surface area (TPSA) is 111 Å². The summed E-state index contributed by atoms with van der Waals surface area (Å²) >= 11 is 0. The van der Waals surface area contributed by atoms with E-state index >= 15 is 0 Å². The van der Waals surface area contributed by atoms with E-state index in [2.05, 4.69) is 38.5 Å². The summed E-state index contributed by atoms with van der Waals surface area (Å²) in [5.74, 6) is 1.21. The fourth-order valence-corrected chi connectivity index (χ4v) is 6.51. The summed E-state index contributed by atoms with van der Waals surface area (Å²) < 4.78 is 2.11. The van der Waals surface area contributed by atoms with E-state index in [1.54, 1.807) is 11.1 Å². The van der Waals surface area contributed by atoms with Gasteiger partial charge >= 0.3 is 6.03 Å². The molecule has 3 saturated heterocycles. The normalized spacial score (nSPS) is 18.9. The molecule has 3 fully saturated rings. The number of aromatic nitrogens is 2. The number of hydrogen-bond donors (Lipinski definition) is 1. The third kappa shape index (κ3) is 5.99. The molecule has 0 unspecified atom stereocenters. The average molecular weight is 586 g/mol. The van der Waals surface area contributed by atoms with Crippen molar-refractivity contribution < 1.29 is 19.2 Å². The number of nitrogens with zero attached hydrogens (tertiary/aromatic N) is 6. The SMILES string of the molecule is CC(C)n1ccc2c(N3CCC(=O)NC3=O)cc(C(=O)N3CCN(CC4CCN(c5ccc(C=O)cn5)CC4)CC3)cc21. The van der Waals surface area contributed by atoms with E-state index in [0.717, 1.165) is 68.6 Å². The molecule has 0 atom stereocenters. The number of aldehydes is 1. The van der Waals surface area contributed by atoms with Crippen LogP contribution in [0, 0.1) is 5.92 Å². The van der Waals surface area contributed by atoms with E-state index in [-0.39, 0.29) is 30.8 Å². The fraction of sp³-hybridized carbons (Fsp3) is 0.469. The van der Waals surface area contributed by atoms with Crippen LogP contribution in [-0.2, 0) is 4.79 Å². The van der Waals surface area contributed by atoms with Crippen molar-refractivity contribution in [1.29, 1.82) is 0 Å². The highest BCUT2D eigenvalue weighted by molar-refractivity contribution is 6.11. The Balaban J connectivity index is 1.09. The van der Waals surface area contributed by atoms with Gasteiger partial charge in [0.1, 0.15) is 5.82 Å². The van der Waals surface area contributed by atoms with E-state index in [1.807, 2.05) is 41.4 Å². The first-order valence-corrected chi connectivity index (χ1v) is 15.2. The molecule has 3 aliphatic rings. The lowest BCUT2D eigenvalue weighted by Gasteiger charge is -2.39. The average Bonchev–Trinajstić information content (AvgIpc) is 3.46. The molecule has 5 heterocycles. The van der Waals surface area contributed by atoms with E-state index < -0.39 is 6.03 Å².